The highest BCUT2D eigenvalue weighted by Crippen LogP contribution is 2.28. The van der Waals surface area contributed by atoms with Gasteiger partial charge < -0.3 is 21.1 Å². The van der Waals surface area contributed by atoms with Gasteiger partial charge in [-0.05, 0) is 43.4 Å². The maximum atomic E-state index is 13.3. The van der Waals surface area contributed by atoms with E-state index in [1.165, 1.54) is 11.9 Å². The molecule has 3 atom stereocenters. The molecule has 0 aromatic heterocycles. The second kappa shape index (κ2) is 11.4. The van der Waals surface area contributed by atoms with E-state index in [9.17, 15) is 19.5 Å². The summed E-state index contributed by atoms with van der Waals surface area (Å²) in [6, 6.07) is -2.29. The standard InChI is InChI=1S/C21H39N3O4/c1-13(2)11-16(22)19(25)23-18(15-9-7-6-8-10-15)20(26)24(5)17(21(27)28)12-14(3)4/h13-18H,6-12,22H2,1-5H3,(H,23,25)(H,27,28)/t16-,17-,18-/m1/s1. The van der Waals surface area contributed by atoms with Crippen LogP contribution in [-0.2, 0) is 14.4 Å². The molecule has 0 saturated heterocycles. The first-order chi connectivity index (χ1) is 13.0. The molecular formula is C21H39N3O4. The van der Waals surface area contributed by atoms with Gasteiger partial charge in [0, 0.05) is 7.05 Å². The van der Waals surface area contributed by atoms with Crippen LogP contribution in [0.5, 0.6) is 0 Å². The van der Waals surface area contributed by atoms with Gasteiger partial charge in [-0.3, -0.25) is 9.59 Å². The minimum Gasteiger partial charge on any atom is -0.480 e. The van der Waals surface area contributed by atoms with Gasteiger partial charge in [-0.25, -0.2) is 4.79 Å². The van der Waals surface area contributed by atoms with Gasteiger partial charge in [0.15, 0.2) is 0 Å². The molecule has 2 amide bonds. The molecular weight excluding hydrogens is 358 g/mol. The molecule has 28 heavy (non-hydrogen) atoms. The van der Waals surface area contributed by atoms with Crippen molar-refractivity contribution in [2.75, 3.05) is 7.05 Å². The number of carbonyl (C=O) groups is 3. The molecule has 0 spiro atoms. The normalized spacial score (nSPS) is 18.6. The summed E-state index contributed by atoms with van der Waals surface area (Å²) < 4.78 is 0. The van der Waals surface area contributed by atoms with Crippen LogP contribution >= 0.6 is 0 Å². The molecule has 1 fully saturated rings. The molecule has 1 rings (SSSR count). The van der Waals surface area contributed by atoms with Gasteiger partial charge >= 0.3 is 5.97 Å². The Labute approximate surface area is 169 Å². The Morgan fingerprint density at radius 2 is 1.57 bits per heavy atom. The number of carboxylic acid groups (broad SMARTS) is 1. The topological polar surface area (TPSA) is 113 Å². The van der Waals surface area contributed by atoms with E-state index in [2.05, 4.69) is 5.32 Å². The van der Waals surface area contributed by atoms with Crippen LogP contribution in [-0.4, -0.2) is 53.0 Å². The lowest BCUT2D eigenvalue weighted by molar-refractivity contribution is -0.151. The lowest BCUT2D eigenvalue weighted by Crippen LogP contribution is -2.57. The van der Waals surface area contributed by atoms with Gasteiger partial charge in [-0.2, -0.15) is 0 Å². The number of nitrogens with two attached hydrogens (primary N) is 1. The van der Waals surface area contributed by atoms with Crippen molar-refractivity contribution in [3.63, 3.8) is 0 Å². The summed E-state index contributed by atoms with van der Waals surface area (Å²) in [6.07, 6.45) is 5.77. The fourth-order valence-electron chi connectivity index (χ4n) is 3.97. The van der Waals surface area contributed by atoms with Crippen LogP contribution in [0.15, 0.2) is 0 Å². The van der Waals surface area contributed by atoms with Crippen molar-refractivity contribution in [1.82, 2.24) is 10.2 Å². The molecule has 0 radical (unpaired) electrons. The second-order valence-corrected chi connectivity index (χ2v) is 9.05. The van der Waals surface area contributed by atoms with Gasteiger partial charge in [0.2, 0.25) is 11.8 Å². The van der Waals surface area contributed by atoms with Crippen LogP contribution in [0, 0.1) is 17.8 Å². The van der Waals surface area contributed by atoms with Crippen molar-refractivity contribution in [2.24, 2.45) is 23.5 Å². The highest BCUT2D eigenvalue weighted by Gasteiger charge is 2.37. The van der Waals surface area contributed by atoms with Crippen molar-refractivity contribution in [3.8, 4) is 0 Å². The van der Waals surface area contributed by atoms with E-state index >= 15 is 0 Å². The number of nitrogens with one attached hydrogen (secondary N) is 1. The van der Waals surface area contributed by atoms with Crippen molar-refractivity contribution in [3.05, 3.63) is 0 Å². The smallest absolute Gasteiger partial charge is 0.326 e. The number of hydrogen-bond donors (Lipinski definition) is 3. The predicted octanol–water partition coefficient (Wildman–Crippen LogP) is 2.38. The maximum absolute atomic E-state index is 13.3. The average Bonchev–Trinajstić information content (AvgIpc) is 2.62. The Bertz CT molecular complexity index is 530. The van der Waals surface area contributed by atoms with Gasteiger partial charge in [0.1, 0.15) is 12.1 Å². The SMILES string of the molecule is CC(C)C[C@@H](N)C(=O)N[C@@H](C(=O)N(C)[C@H](CC(C)C)C(=O)O)C1CCCCC1. The first-order valence-electron chi connectivity index (χ1n) is 10.6. The van der Waals surface area contributed by atoms with E-state index in [1.54, 1.807) is 0 Å². The summed E-state index contributed by atoms with van der Waals surface area (Å²) in [6.45, 7) is 7.85. The minimum absolute atomic E-state index is 0.0207. The fourth-order valence-corrected chi connectivity index (χ4v) is 3.97. The second-order valence-electron chi connectivity index (χ2n) is 9.05. The number of carbonyl (C=O) groups excluding carboxylic acids is 2. The first-order valence-corrected chi connectivity index (χ1v) is 10.6. The third-order valence-electron chi connectivity index (χ3n) is 5.54. The predicted molar refractivity (Wildman–Crippen MR) is 110 cm³/mol. The quantitative estimate of drug-likeness (QED) is 0.524. The summed E-state index contributed by atoms with van der Waals surface area (Å²) in [5.41, 5.74) is 6.02. The Hall–Kier alpha value is -1.63. The zero-order chi connectivity index (χ0) is 21.4. The molecule has 7 nitrogen and oxygen atoms in total. The third kappa shape index (κ3) is 7.41. The largest absolute Gasteiger partial charge is 0.480 e. The van der Waals surface area contributed by atoms with Gasteiger partial charge in [0.25, 0.3) is 0 Å². The number of rotatable bonds is 10. The lowest BCUT2D eigenvalue weighted by atomic mass is 9.83. The number of amides is 2. The zero-order valence-electron chi connectivity index (χ0n) is 18.1. The van der Waals surface area contributed by atoms with Crippen LogP contribution in [0.3, 0.4) is 0 Å². The molecule has 0 aromatic rings. The molecule has 0 bridgehead atoms. The number of aliphatic carboxylic acids is 1. The fraction of sp³-hybridized carbons (Fsp3) is 0.857. The van der Waals surface area contributed by atoms with E-state index in [0.717, 1.165) is 32.1 Å². The van der Waals surface area contributed by atoms with Crippen LogP contribution in [0.2, 0.25) is 0 Å². The summed E-state index contributed by atoms with van der Waals surface area (Å²) in [5, 5.41) is 12.5. The van der Waals surface area contributed by atoms with Gasteiger partial charge in [-0.1, -0.05) is 47.0 Å². The van der Waals surface area contributed by atoms with Crippen molar-refractivity contribution >= 4 is 17.8 Å². The monoisotopic (exact) mass is 397 g/mol. The number of carboxylic acids is 1. The molecule has 162 valence electrons. The Balaban J connectivity index is 3.00. The van der Waals surface area contributed by atoms with Crippen LogP contribution in [0.25, 0.3) is 0 Å². The van der Waals surface area contributed by atoms with E-state index in [1.807, 2.05) is 27.7 Å². The summed E-state index contributed by atoms with van der Waals surface area (Å²) >= 11 is 0. The van der Waals surface area contributed by atoms with E-state index in [-0.39, 0.29) is 29.6 Å². The lowest BCUT2D eigenvalue weighted by Gasteiger charge is -2.35. The first kappa shape index (κ1) is 24.4. The summed E-state index contributed by atoms with van der Waals surface area (Å²) in [4.78, 5) is 38.9. The molecule has 7 heteroatoms. The molecule has 0 heterocycles. The van der Waals surface area contributed by atoms with E-state index in [4.69, 9.17) is 5.73 Å². The Kier molecular flexibility index (Phi) is 9.93. The van der Waals surface area contributed by atoms with Crippen LogP contribution in [0.1, 0.15) is 72.6 Å². The average molecular weight is 398 g/mol. The Morgan fingerprint density at radius 1 is 1.04 bits per heavy atom. The molecule has 0 aromatic carbocycles. The number of hydrogen-bond acceptors (Lipinski definition) is 4. The van der Waals surface area contributed by atoms with Crippen molar-refractivity contribution < 1.29 is 19.5 Å². The molecule has 1 aliphatic rings. The highest BCUT2D eigenvalue weighted by atomic mass is 16.4. The van der Waals surface area contributed by atoms with E-state index in [0.29, 0.717) is 12.8 Å². The molecule has 1 aliphatic carbocycles. The van der Waals surface area contributed by atoms with Gasteiger partial charge in [-0.15, -0.1) is 0 Å². The number of likely N-dealkylation sites (N-methyl/N-ethyl adjacent to an activating group) is 1. The number of nitrogens with zero attached hydrogens (tertiary/aromatic N) is 1. The summed E-state index contributed by atoms with van der Waals surface area (Å²) in [7, 11) is 1.53. The zero-order valence-corrected chi connectivity index (χ0v) is 18.1. The molecule has 0 unspecified atom stereocenters. The van der Waals surface area contributed by atoms with Crippen LogP contribution in [0.4, 0.5) is 0 Å². The van der Waals surface area contributed by atoms with Gasteiger partial charge in [0.05, 0.1) is 6.04 Å². The summed E-state index contributed by atoms with van der Waals surface area (Å²) in [5.74, 6) is -1.25. The molecule has 4 N–H and O–H groups in total. The minimum atomic E-state index is -1.02. The third-order valence-corrected chi connectivity index (χ3v) is 5.54. The molecule has 1 saturated carbocycles. The highest BCUT2D eigenvalue weighted by molar-refractivity contribution is 5.91. The van der Waals surface area contributed by atoms with Crippen molar-refractivity contribution in [2.45, 2.75) is 90.8 Å². The van der Waals surface area contributed by atoms with E-state index < -0.39 is 24.1 Å². The van der Waals surface area contributed by atoms with Crippen molar-refractivity contribution in [1.29, 1.82) is 0 Å². The maximum Gasteiger partial charge on any atom is 0.326 e. The molecule has 0 aliphatic heterocycles. The van der Waals surface area contributed by atoms with Crippen LogP contribution < -0.4 is 11.1 Å². The Morgan fingerprint density at radius 3 is 2.04 bits per heavy atom.